The molecule has 0 aliphatic heterocycles. The van der Waals surface area contributed by atoms with Gasteiger partial charge in [-0.2, -0.15) is 0 Å². The highest BCUT2D eigenvalue weighted by Gasteiger charge is 2.15. The Morgan fingerprint density at radius 2 is 2.00 bits per heavy atom. The standard InChI is InChI=1S/C22H23N7O/c1-14-5-4-6-18(26-14)21-27-19(17-7-8-24-20(17)28-21)15-11-16(13-23-12-15)22(30)25-9-10-29(2)3/h4-8,11-13H,9-10H2,1-3H3,(H,25,30)(H,24,27,28). The fourth-order valence-electron chi connectivity index (χ4n) is 3.13. The molecule has 0 spiro atoms. The van der Waals surface area contributed by atoms with Crippen LogP contribution < -0.4 is 5.32 Å². The van der Waals surface area contributed by atoms with Gasteiger partial charge in [0.25, 0.3) is 5.91 Å². The van der Waals surface area contributed by atoms with Gasteiger partial charge < -0.3 is 15.2 Å². The summed E-state index contributed by atoms with van der Waals surface area (Å²) >= 11 is 0. The molecule has 2 N–H and O–H groups in total. The summed E-state index contributed by atoms with van der Waals surface area (Å²) in [5, 5.41) is 3.77. The van der Waals surface area contributed by atoms with Gasteiger partial charge in [-0.15, -0.1) is 0 Å². The number of pyridine rings is 2. The lowest BCUT2D eigenvalue weighted by Crippen LogP contribution is -2.31. The van der Waals surface area contributed by atoms with Crippen LogP contribution in [0.1, 0.15) is 16.1 Å². The average molecular weight is 401 g/mol. The molecule has 0 radical (unpaired) electrons. The van der Waals surface area contributed by atoms with Gasteiger partial charge >= 0.3 is 0 Å². The third kappa shape index (κ3) is 4.18. The number of rotatable bonds is 6. The fourth-order valence-corrected chi connectivity index (χ4v) is 3.13. The van der Waals surface area contributed by atoms with Crippen molar-refractivity contribution < 1.29 is 4.79 Å². The van der Waals surface area contributed by atoms with Gasteiger partial charge in [0.05, 0.1) is 11.3 Å². The molecule has 152 valence electrons. The third-order valence-electron chi connectivity index (χ3n) is 4.65. The summed E-state index contributed by atoms with van der Waals surface area (Å²) in [6.07, 6.45) is 5.09. The Morgan fingerprint density at radius 1 is 1.13 bits per heavy atom. The van der Waals surface area contributed by atoms with Crippen molar-refractivity contribution >= 4 is 16.9 Å². The first kappa shape index (κ1) is 19.7. The van der Waals surface area contributed by atoms with E-state index in [2.05, 4.69) is 25.3 Å². The van der Waals surface area contributed by atoms with Crippen LogP contribution in [-0.4, -0.2) is 62.9 Å². The minimum absolute atomic E-state index is 0.161. The van der Waals surface area contributed by atoms with Crippen LogP contribution in [0.25, 0.3) is 33.8 Å². The quantitative estimate of drug-likeness (QED) is 0.515. The van der Waals surface area contributed by atoms with Crippen molar-refractivity contribution in [3.8, 4) is 22.8 Å². The first-order chi connectivity index (χ1) is 14.5. The lowest BCUT2D eigenvalue weighted by atomic mass is 10.1. The van der Waals surface area contributed by atoms with Gasteiger partial charge in [-0.3, -0.25) is 9.78 Å². The summed E-state index contributed by atoms with van der Waals surface area (Å²) in [6, 6.07) is 9.47. The number of fused-ring (bicyclic) bond motifs is 1. The molecule has 4 rings (SSSR count). The molecule has 0 bridgehead atoms. The highest BCUT2D eigenvalue weighted by Crippen LogP contribution is 2.28. The maximum atomic E-state index is 12.5. The van der Waals surface area contributed by atoms with Gasteiger partial charge in [0.15, 0.2) is 5.82 Å². The van der Waals surface area contributed by atoms with E-state index in [1.54, 1.807) is 18.5 Å². The molecule has 0 aliphatic carbocycles. The highest BCUT2D eigenvalue weighted by molar-refractivity contribution is 5.97. The number of aromatic amines is 1. The largest absolute Gasteiger partial charge is 0.351 e. The molecule has 0 fully saturated rings. The molecule has 1 amide bonds. The van der Waals surface area contributed by atoms with Crippen LogP contribution in [0, 0.1) is 6.92 Å². The maximum absolute atomic E-state index is 12.5. The number of aromatic nitrogens is 5. The van der Waals surface area contributed by atoms with Gasteiger partial charge in [-0.25, -0.2) is 15.0 Å². The summed E-state index contributed by atoms with van der Waals surface area (Å²) in [4.78, 5) is 35.9. The highest BCUT2D eigenvalue weighted by atomic mass is 16.1. The second-order valence-electron chi connectivity index (χ2n) is 7.32. The second kappa shape index (κ2) is 8.38. The number of likely N-dealkylation sites (N-methyl/N-ethyl adjacent to an activating group) is 1. The van der Waals surface area contributed by atoms with Crippen molar-refractivity contribution in [2.24, 2.45) is 0 Å². The monoisotopic (exact) mass is 401 g/mol. The SMILES string of the molecule is Cc1cccc(-c2nc(-c3cncc(C(=O)NCCN(C)C)c3)c3cc[nH]c3n2)n1. The van der Waals surface area contributed by atoms with Gasteiger partial charge in [0.1, 0.15) is 11.3 Å². The van der Waals surface area contributed by atoms with Gasteiger partial charge in [-0.05, 0) is 45.3 Å². The van der Waals surface area contributed by atoms with E-state index in [1.807, 2.05) is 56.4 Å². The Labute approximate surface area is 174 Å². The predicted molar refractivity (Wildman–Crippen MR) is 116 cm³/mol. The maximum Gasteiger partial charge on any atom is 0.252 e. The molecule has 0 aliphatic rings. The minimum atomic E-state index is -0.161. The van der Waals surface area contributed by atoms with Crippen molar-refractivity contribution in [2.75, 3.05) is 27.2 Å². The molecule has 8 heteroatoms. The topological polar surface area (TPSA) is 99.7 Å². The van der Waals surface area contributed by atoms with E-state index in [4.69, 9.17) is 4.98 Å². The van der Waals surface area contributed by atoms with Crippen molar-refractivity contribution in [2.45, 2.75) is 6.92 Å². The molecular formula is C22H23N7O. The first-order valence-corrected chi connectivity index (χ1v) is 9.69. The van der Waals surface area contributed by atoms with Crippen molar-refractivity contribution in [1.29, 1.82) is 0 Å². The number of nitrogens with one attached hydrogen (secondary N) is 2. The van der Waals surface area contributed by atoms with E-state index in [0.717, 1.165) is 23.2 Å². The molecule has 4 aromatic heterocycles. The normalized spacial score (nSPS) is 11.2. The van der Waals surface area contributed by atoms with E-state index >= 15 is 0 Å². The van der Waals surface area contributed by atoms with Crippen LogP contribution in [0.5, 0.6) is 0 Å². The van der Waals surface area contributed by atoms with Crippen LogP contribution in [0.4, 0.5) is 0 Å². The van der Waals surface area contributed by atoms with E-state index in [-0.39, 0.29) is 5.91 Å². The molecule has 0 atom stereocenters. The summed E-state index contributed by atoms with van der Waals surface area (Å²) in [7, 11) is 3.93. The molecule has 8 nitrogen and oxygen atoms in total. The smallest absolute Gasteiger partial charge is 0.252 e. The summed E-state index contributed by atoms with van der Waals surface area (Å²) in [5.41, 5.74) is 4.23. The summed E-state index contributed by atoms with van der Waals surface area (Å²) < 4.78 is 0. The molecule has 0 unspecified atom stereocenters. The number of hydrogen-bond acceptors (Lipinski definition) is 6. The van der Waals surface area contributed by atoms with Crippen LogP contribution in [0.2, 0.25) is 0 Å². The number of aryl methyl sites for hydroxylation is 1. The number of nitrogens with zero attached hydrogens (tertiary/aromatic N) is 5. The molecule has 0 saturated carbocycles. The predicted octanol–water partition coefficient (Wildman–Crippen LogP) is 2.68. The Bertz CT molecular complexity index is 1200. The Kier molecular flexibility index (Phi) is 5.49. The van der Waals surface area contributed by atoms with Crippen LogP contribution in [0.15, 0.2) is 48.9 Å². The lowest BCUT2D eigenvalue weighted by Gasteiger charge is -2.11. The number of amides is 1. The molecule has 0 saturated heterocycles. The van der Waals surface area contributed by atoms with Crippen LogP contribution in [-0.2, 0) is 0 Å². The van der Waals surface area contributed by atoms with Crippen LogP contribution >= 0.6 is 0 Å². The van der Waals surface area contributed by atoms with Gasteiger partial charge in [-0.1, -0.05) is 6.07 Å². The van der Waals surface area contributed by atoms with E-state index in [0.29, 0.717) is 35.0 Å². The summed E-state index contributed by atoms with van der Waals surface area (Å²) in [5.74, 6) is 0.357. The van der Waals surface area contributed by atoms with Gasteiger partial charge in [0.2, 0.25) is 0 Å². The first-order valence-electron chi connectivity index (χ1n) is 9.69. The van der Waals surface area contributed by atoms with Crippen LogP contribution in [0.3, 0.4) is 0 Å². The van der Waals surface area contributed by atoms with Crippen molar-refractivity contribution in [3.63, 3.8) is 0 Å². The molecule has 30 heavy (non-hydrogen) atoms. The number of H-pyrrole nitrogens is 1. The van der Waals surface area contributed by atoms with Gasteiger partial charge in [0, 0.05) is 48.3 Å². The van der Waals surface area contributed by atoms with E-state index in [1.165, 1.54) is 0 Å². The minimum Gasteiger partial charge on any atom is -0.351 e. The Balaban J connectivity index is 1.72. The number of carbonyl (C=O) groups is 1. The molecule has 4 heterocycles. The van der Waals surface area contributed by atoms with Crippen molar-refractivity contribution in [1.82, 2.24) is 35.1 Å². The fraction of sp³-hybridized carbons (Fsp3) is 0.227. The second-order valence-corrected chi connectivity index (χ2v) is 7.32. The molecule has 4 aromatic rings. The third-order valence-corrected chi connectivity index (χ3v) is 4.65. The number of hydrogen-bond donors (Lipinski definition) is 2. The molecular weight excluding hydrogens is 378 g/mol. The Hall–Kier alpha value is -3.65. The zero-order valence-electron chi connectivity index (χ0n) is 17.2. The Morgan fingerprint density at radius 3 is 2.80 bits per heavy atom. The number of carbonyl (C=O) groups excluding carboxylic acids is 1. The zero-order chi connectivity index (χ0) is 21.1. The summed E-state index contributed by atoms with van der Waals surface area (Å²) in [6.45, 7) is 3.26. The van der Waals surface area contributed by atoms with E-state index in [9.17, 15) is 4.79 Å². The lowest BCUT2D eigenvalue weighted by molar-refractivity contribution is 0.0950. The van der Waals surface area contributed by atoms with Crippen molar-refractivity contribution in [3.05, 3.63) is 60.2 Å². The van der Waals surface area contributed by atoms with E-state index < -0.39 is 0 Å². The zero-order valence-corrected chi connectivity index (χ0v) is 17.2. The average Bonchev–Trinajstić information content (AvgIpc) is 3.21. The molecule has 0 aromatic carbocycles.